The largest absolute Gasteiger partial charge is 0.466 e. The van der Waals surface area contributed by atoms with Crippen molar-refractivity contribution in [3.63, 3.8) is 0 Å². The molecular weight excluding hydrogens is 365 g/mol. The molecule has 2 heterocycles. The molecule has 1 aliphatic heterocycles. The topological polar surface area (TPSA) is 55.4 Å². The highest BCUT2D eigenvalue weighted by atomic mass is 32.1. The third kappa shape index (κ3) is 2.88. The summed E-state index contributed by atoms with van der Waals surface area (Å²) in [6.45, 7) is 3.36. The first kappa shape index (κ1) is 17.9. The van der Waals surface area contributed by atoms with Gasteiger partial charge in [0.1, 0.15) is 5.82 Å². The van der Waals surface area contributed by atoms with Crippen LogP contribution < -0.4 is 5.32 Å². The first-order valence-corrected chi connectivity index (χ1v) is 9.78. The van der Waals surface area contributed by atoms with E-state index < -0.39 is 11.9 Å². The van der Waals surface area contributed by atoms with Crippen molar-refractivity contribution in [3.8, 4) is 0 Å². The summed E-state index contributed by atoms with van der Waals surface area (Å²) >= 11 is 1.29. The first-order chi connectivity index (χ1) is 12.9. The minimum absolute atomic E-state index is 0.114. The zero-order valence-corrected chi connectivity index (χ0v) is 16.2. The van der Waals surface area contributed by atoms with Gasteiger partial charge in [-0.05, 0) is 55.0 Å². The van der Waals surface area contributed by atoms with Gasteiger partial charge in [-0.3, -0.25) is 4.79 Å². The number of carbonyl (C=O) groups is 2. The number of Topliss-reactive ketones (excluding diaryl/α,β-unsaturated/α-hetero) is 1. The summed E-state index contributed by atoms with van der Waals surface area (Å²) in [5.41, 5.74) is 3.37. The van der Waals surface area contributed by atoms with Gasteiger partial charge in [-0.15, -0.1) is 11.3 Å². The highest BCUT2D eigenvalue weighted by Crippen LogP contribution is 2.48. The number of allylic oxidation sites excluding steroid dienone is 3. The lowest BCUT2D eigenvalue weighted by Gasteiger charge is -2.31. The van der Waals surface area contributed by atoms with Gasteiger partial charge in [-0.1, -0.05) is 12.1 Å². The van der Waals surface area contributed by atoms with Gasteiger partial charge in [-0.25, -0.2) is 9.18 Å². The Morgan fingerprint density at radius 1 is 1.26 bits per heavy atom. The molecule has 0 saturated heterocycles. The smallest absolute Gasteiger partial charge is 0.336 e. The molecular formula is C21H20FNO3S. The highest BCUT2D eigenvalue weighted by Gasteiger charge is 2.42. The van der Waals surface area contributed by atoms with Gasteiger partial charge in [0.25, 0.3) is 0 Å². The summed E-state index contributed by atoms with van der Waals surface area (Å²) in [7, 11) is 1.35. The number of benzene rings is 1. The summed E-state index contributed by atoms with van der Waals surface area (Å²) < 4.78 is 19.9. The second-order valence-electron chi connectivity index (χ2n) is 7.05. The van der Waals surface area contributed by atoms with Crippen LogP contribution in [0.1, 0.15) is 38.2 Å². The molecule has 2 aliphatic rings. The third-order valence-electron chi connectivity index (χ3n) is 5.26. The zero-order valence-electron chi connectivity index (χ0n) is 15.4. The van der Waals surface area contributed by atoms with Crippen molar-refractivity contribution in [2.24, 2.45) is 5.92 Å². The number of methoxy groups -OCH3 is 1. The first-order valence-electron chi connectivity index (χ1n) is 8.90. The molecule has 1 atom stereocenters. The summed E-state index contributed by atoms with van der Waals surface area (Å²) in [5.74, 6) is -1.14. The Labute approximate surface area is 160 Å². The van der Waals surface area contributed by atoms with Crippen molar-refractivity contribution in [2.45, 2.75) is 32.6 Å². The van der Waals surface area contributed by atoms with E-state index in [0.29, 0.717) is 15.8 Å². The lowest BCUT2D eigenvalue weighted by molar-refractivity contribution is -0.136. The monoisotopic (exact) mass is 385 g/mol. The fourth-order valence-corrected chi connectivity index (χ4v) is 4.93. The minimum atomic E-state index is -0.553. The van der Waals surface area contributed by atoms with Crippen molar-refractivity contribution in [2.75, 3.05) is 7.11 Å². The molecule has 0 radical (unpaired) electrons. The molecule has 1 aromatic carbocycles. The molecule has 4 nitrogen and oxygen atoms in total. The van der Waals surface area contributed by atoms with Crippen LogP contribution >= 0.6 is 11.3 Å². The van der Waals surface area contributed by atoms with Crippen LogP contribution in [0.25, 0.3) is 10.1 Å². The quantitative estimate of drug-likeness (QED) is 0.791. The number of rotatable bonds is 4. The molecule has 0 bridgehead atoms. The van der Waals surface area contributed by atoms with Crippen molar-refractivity contribution < 1.29 is 18.7 Å². The van der Waals surface area contributed by atoms with Gasteiger partial charge in [0, 0.05) is 22.9 Å². The average molecular weight is 385 g/mol. The zero-order chi connectivity index (χ0) is 19.3. The number of nitrogens with one attached hydrogen (secondary N) is 1. The normalized spacial score (nSPS) is 20.1. The summed E-state index contributed by atoms with van der Waals surface area (Å²) in [5, 5.41) is 5.88. The Morgan fingerprint density at radius 2 is 2.00 bits per heavy atom. The summed E-state index contributed by atoms with van der Waals surface area (Å²) in [6.07, 6.45) is 1.99. The van der Waals surface area contributed by atoms with E-state index in [9.17, 15) is 14.0 Å². The predicted octanol–water partition coefficient (Wildman–Crippen LogP) is 4.43. The van der Waals surface area contributed by atoms with Gasteiger partial charge >= 0.3 is 5.97 Å². The van der Waals surface area contributed by atoms with E-state index in [1.165, 1.54) is 31.4 Å². The van der Waals surface area contributed by atoms with Crippen LogP contribution in [0.2, 0.25) is 0 Å². The number of hydrogen-bond acceptors (Lipinski definition) is 5. The van der Waals surface area contributed by atoms with E-state index >= 15 is 0 Å². The molecule has 2 aromatic rings. The Balaban J connectivity index is 2.01. The van der Waals surface area contributed by atoms with Gasteiger partial charge in [-0.2, -0.15) is 0 Å². The summed E-state index contributed by atoms with van der Waals surface area (Å²) in [6, 6.07) is 4.91. The van der Waals surface area contributed by atoms with Crippen LogP contribution in [-0.2, 0) is 14.3 Å². The van der Waals surface area contributed by atoms with Gasteiger partial charge < -0.3 is 10.1 Å². The van der Waals surface area contributed by atoms with Crippen LogP contribution in [0.15, 0.2) is 46.1 Å². The maximum Gasteiger partial charge on any atom is 0.336 e. The fraction of sp³-hybridized carbons (Fsp3) is 0.333. The Bertz CT molecular complexity index is 1030. The lowest BCUT2D eigenvalue weighted by atomic mass is 9.78. The van der Waals surface area contributed by atoms with Crippen molar-refractivity contribution in [1.29, 1.82) is 0 Å². The maximum absolute atomic E-state index is 14.3. The van der Waals surface area contributed by atoms with E-state index in [1.807, 2.05) is 18.4 Å². The number of carbonyl (C=O) groups excluding carboxylic acids is 2. The highest BCUT2D eigenvalue weighted by molar-refractivity contribution is 7.17. The fourth-order valence-electron chi connectivity index (χ4n) is 3.93. The molecule has 27 heavy (non-hydrogen) atoms. The Kier molecular flexibility index (Phi) is 4.38. The molecule has 1 unspecified atom stereocenters. The van der Waals surface area contributed by atoms with Crippen LogP contribution in [0.4, 0.5) is 4.39 Å². The Hall–Kier alpha value is -2.47. The number of thiophene rings is 1. The third-order valence-corrected chi connectivity index (χ3v) is 6.28. The van der Waals surface area contributed by atoms with Gasteiger partial charge in [0.15, 0.2) is 5.78 Å². The Morgan fingerprint density at radius 3 is 2.63 bits per heavy atom. The number of dihydropyridines is 1. The standard InChI is InChI=1S/C21H20FNO3S/c1-10-16(11(2)24)17(14-9-27-20-13(14)5-4-6-15(20)22)18(21(25)26-3)19(23-10)12-7-8-12/h4-6,9,12,17,23H,7-8H2,1-3H3. The van der Waals surface area contributed by atoms with Crippen molar-refractivity contribution >= 4 is 33.2 Å². The second-order valence-corrected chi connectivity index (χ2v) is 7.93. The van der Waals surface area contributed by atoms with E-state index in [0.717, 1.165) is 35.2 Å². The van der Waals surface area contributed by atoms with Crippen LogP contribution in [-0.4, -0.2) is 18.9 Å². The van der Waals surface area contributed by atoms with E-state index in [4.69, 9.17) is 4.74 Å². The van der Waals surface area contributed by atoms with E-state index in [1.54, 1.807) is 6.07 Å². The SMILES string of the molecule is COC(=O)C1=C(C2CC2)NC(C)=C(C(C)=O)C1c1csc2c(F)cccc12. The van der Waals surface area contributed by atoms with Gasteiger partial charge in [0.05, 0.1) is 17.4 Å². The average Bonchev–Trinajstić information content (AvgIpc) is 3.39. The number of fused-ring (bicyclic) bond motifs is 1. The van der Waals surface area contributed by atoms with Gasteiger partial charge in [0.2, 0.25) is 0 Å². The summed E-state index contributed by atoms with van der Waals surface area (Å²) in [4.78, 5) is 25.3. The molecule has 1 saturated carbocycles. The number of hydrogen-bond donors (Lipinski definition) is 1. The van der Waals surface area contributed by atoms with Crippen molar-refractivity contribution in [3.05, 3.63) is 57.5 Å². The molecule has 1 N–H and O–H groups in total. The molecule has 0 amide bonds. The molecule has 6 heteroatoms. The van der Waals surface area contributed by atoms with E-state index in [-0.39, 0.29) is 17.5 Å². The number of ketones is 1. The molecule has 4 rings (SSSR count). The number of halogens is 1. The van der Waals surface area contributed by atoms with Crippen molar-refractivity contribution in [1.82, 2.24) is 5.32 Å². The molecule has 1 fully saturated rings. The second kappa shape index (κ2) is 6.60. The van der Waals surface area contributed by atoms with E-state index in [2.05, 4.69) is 5.32 Å². The minimum Gasteiger partial charge on any atom is -0.466 e. The number of esters is 1. The van der Waals surface area contributed by atoms with Crippen LogP contribution in [0.5, 0.6) is 0 Å². The molecule has 140 valence electrons. The van der Waals surface area contributed by atoms with Crippen LogP contribution in [0.3, 0.4) is 0 Å². The molecule has 1 aliphatic carbocycles. The lowest BCUT2D eigenvalue weighted by Crippen LogP contribution is -2.32. The van der Waals surface area contributed by atoms with Crippen LogP contribution in [0, 0.1) is 11.7 Å². The maximum atomic E-state index is 14.3. The molecule has 0 spiro atoms. The predicted molar refractivity (Wildman–Crippen MR) is 103 cm³/mol. The number of ether oxygens (including phenoxy) is 1. The molecule has 1 aromatic heterocycles.